The third-order valence-corrected chi connectivity index (χ3v) is 6.16. The number of aromatic amines is 1. The molecule has 9 heteroatoms. The first-order valence-corrected chi connectivity index (χ1v) is 11.7. The molecule has 2 N–H and O–H groups in total. The minimum atomic E-state index is -2.63. The Labute approximate surface area is 209 Å². The number of fused-ring (bicyclic) bond motifs is 1. The number of hydrogen-bond acceptors (Lipinski definition) is 5. The summed E-state index contributed by atoms with van der Waals surface area (Å²) in [5.74, 6) is -2.97. The van der Waals surface area contributed by atoms with Crippen molar-refractivity contribution in [3.63, 3.8) is 0 Å². The number of pyridine rings is 1. The van der Waals surface area contributed by atoms with Crippen LogP contribution in [0.2, 0.25) is 0 Å². The minimum Gasteiger partial charge on any atom is -0.378 e. The Morgan fingerprint density at radius 2 is 2.06 bits per heavy atom. The van der Waals surface area contributed by atoms with Crippen LogP contribution in [0.4, 0.5) is 8.78 Å². The highest BCUT2D eigenvalue weighted by atomic mass is 19.3. The van der Waals surface area contributed by atoms with Crippen LogP contribution in [-0.4, -0.2) is 64.0 Å². The third-order valence-electron chi connectivity index (χ3n) is 6.16. The zero-order chi connectivity index (χ0) is 25.9. The lowest BCUT2D eigenvalue weighted by atomic mass is 10.0. The van der Waals surface area contributed by atoms with Gasteiger partial charge in [-0.25, -0.2) is 8.78 Å². The van der Waals surface area contributed by atoms with E-state index < -0.39 is 5.92 Å². The summed E-state index contributed by atoms with van der Waals surface area (Å²) in [6.45, 7) is 6.33. The number of aromatic nitrogens is 3. The summed E-state index contributed by atoms with van der Waals surface area (Å²) in [7, 11) is 3.79. The molecule has 1 aliphatic heterocycles. The molecule has 1 amide bonds. The average molecular weight is 493 g/mol. The Kier molecular flexibility index (Phi) is 7.30. The largest absolute Gasteiger partial charge is 0.378 e. The molecular weight excluding hydrogens is 462 g/mol. The highest BCUT2D eigenvalue weighted by Crippen LogP contribution is 2.29. The Morgan fingerprint density at radius 1 is 1.25 bits per heavy atom. The Hall–Kier alpha value is -3.85. The van der Waals surface area contributed by atoms with E-state index in [2.05, 4.69) is 27.1 Å². The zero-order valence-electron chi connectivity index (χ0n) is 20.7. The Balaban J connectivity index is 1.54. The van der Waals surface area contributed by atoms with Crippen molar-refractivity contribution in [1.82, 2.24) is 30.3 Å². The van der Waals surface area contributed by atoms with Crippen molar-refractivity contribution in [2.24, 2.45) is 0 Å². The van der Waals surface area contributed by atoms with Gasteiger partial charge in [0.1, 0.15) is 0 Å². The second-order valence-electron chi connectivity index (χ2n) is 9.15. The Bertz CT molecular complexity index is 1340. The summed E-state index contributed by atoms with van der Waals surface area (Å²) >= 11 is 0. The van der Waals surface area contributed by atoms with Crippen molar-refractivity contribution in [1.29, 1.82) is 0 Å². The molecule has 7 nitrogen and oxygen atoms in total. The number of nitrogens with zero attached hydrogens (tertiary/aromatic N) is 4. The summed E-state index contributed by atoms with van der Waals surface area (Å²) < 4.78 is 27.1. The van der Waals surface area contributed by atoms with Crippen LogP contribution < -0.4 is 5.32 Å². The fraction of sp³-hybridized carbons (Fsp3) is 0.296. The van der Waals surface area contributed by atoms with Crippen LogP contribution in [0.1, 0.15) is 29.4 Å². The molecule has 0 unspecified atom stereocenters. The fourth-order valence-corrected chi connectivity index (χ4v) is 4.03. The number of hydrogen-bond donors (Lipinski definition) is 2. The summed E-state index contributed by atoms with van der Waals surface area (Å²) in [6, 6.07) is 7.61. The quantitative estimate of drug-likeness (QED) is 0.445. The standard InChI is InChI=1S/C27H30F2N6O/c1-5-22(8-6-18(2)34(3)4)31-26(36)25-23-13-20(7-9-24(23)32-33-25)21-12-19(14-30-15-21)16-35-11-10-27(28,29)17-35/h5-9,12-15H,2,10-11,16-17H2,1,3-4H3,(H,31,36)(H,32,33)/b8-6-,22-5+. The van der Waals surface area contributed by atoms with Gasteiger partial charge in [-0.15, -0.1) is 0 Å². The lowest BCUT2D eigenvalue weighted by Gasteiger charge is -2.15. The van der Waals surface area contributed by atoms with Crippen molar-refractivity contribution in [2.45, 2.75) is 25.8 Å². The maximum absolute atomic E-state index is 13.6. The van der Waals surface area contributed by atoms with Gasteiger partial charge in [-0.1, -0.05) is 18.7 Å². The van der Waals surface area contributed by atoms with Gasteiger partial charge in [0.25, 0.3) is 11.8 Å². The van der Waals surface area contributed by atoms with E-state index in [1.807, 2.05) is 56.3 Å². The molecule has 2 aromatic heterocycles. The number of alkyl halides is 2. The van der Waals surface area contributed by atoms with E-state index in [1.54, 1.807) is 29.4 Å². The number of allylic oxidation sites excluding steroid dienone is 3. The monoisotopic (exact) mass is 492 g/mol. The fourth-order valence-electron chi connectivity index (χ4n) is 4.03. The number of carbonyl (C=O) groups excluding carboxylic acids is 1. The number of benzene rings is 1. The molecule has 1 aliphatic rings. The highest BCUT2D eigenvalue weighted by Gasteiger charge is 2.37. The van der Waals surface area contributed by atoms with Crippen molar-refractivity contribution >= 4 is 16.8 Å². The molecule has 1 fully saturated rings. The van der Waals surface area contributed by atoms with E-state index in [1.165, 1.54) is 0 Å². The van der Waals surface area contributed by atoms with Crippen molar-refractivity contribution < 1.29 is 13.6 Å². The molecule has 0 aliphatic carbocycles. The molecule has 3 heterocycles. The summed E-state index contributed by atoms with van der Waals surface area (Å²) in [5, 5.41) is 10.7. The first-order chi connectivity index (χ1) is 17.1. The maximum Gasteiger partial charge on any atom is 0.276 e. The lowest BCUT2D eigenvalue weighted by Crippen LogP contribution is -2.24. The SMILES string of the molecule is C=C(/C=C\C(=C/C)NC(=O)c1n[nH]c2ccc(-c3cncc(CN4CCC(F)(F)C4)c3)cc12)N(C)C. The maximum atomic E-state index is 13.6. The van der Waals surface area contributed by atoms with E-state index in [9.17, 15) is 13.6 Å². The van der Waals surface area contributed by atoms with E-state index in [0.29, 0.717) is 24.2 Å². The van der Waals surface area contributed by atoms with E-state index in [4.69, 9.17) is 0 Å². The predicted octanol–water partition coefficient (Wildman–Crippen LogP) is 4.73. The number of halogens is 2. The summed E-state index contributed by atoms with van der Waals surface area (Å²) in [6.07, 6.45) is 8.71. The zero-order valence-corrected chi connectivity index (χ0v) is 20.7. The molecule has 36 heavy (non-hydrogen) atoms. The van der Waals surface area contributed by atoms with Gasteiger partial charge in [0, 0.05) is 68.3 Å². The second kappa shape index (κ2) is 10.4. The Morgan fingerprint density at radius 3 is 2.75 bits per heavy atom. The van der Waals surface area contributed by atoms with Gasteiger partial charge >= 0.3 is 0 Å². The van der Waals surface area contributed by atoms with E-state index in [-0.39, 0.29) is 24.6 Å². The molecule has 0 spiro atoms. The molecule has 0 bridgehead atoms. The van der Waals surface area contributed by atoms with Crippen LogP contribution in [0.5, 0.6) is 0 Å². The first-order valence-electron chi connectivity index (χ1n) is 11.7. The third kappa shape index (κ3) is 5.85. The van der Waals surface area contributed by atoms with Crippen LogP contribution in [0.15, 0.2) is 72.9 Å². The van der Waals surface area contributed by atoms with Gasteiger partial charge in [0.05, 0.1) is 12.1 Å². The van der Waals surface area contributed by atoms with Gasteiger partial charge in [-0.2, -0.15) is 5.10 Å². The van der Waals surface area contributed by atoms with Gasteiger partial charge in [0.2, 0.25) is 0 Å². The summed E-state index contributed by atoms with van der Waals surface area (Å²) in [5.41, 5.74) is 4.98. The predicted molar refractivity (Wildman–Crippen MR) is 137 cm³/mol. The topological polar surface area (TPSA) is 77.1 Å². The molecule has 188 valence electrons. The number of likely N-dealkylation sites (N-methyl/N-ethyl adjacent to an activating group) is 1. The highest BCUT2D eigenvalue weighted by molar-refractivity contribution is 6.06. The molecule has 1 aromatic carbocycles. The molecule has 4 rings (SSSR count). The molecule has 0 radical (unpaired) electrons. The average Bonchev–Trinajstić information content (AvgIpc) is 3.43. The number of rotatable bonds is 8. The number of H-pyrrole nitrogens is 1. The first kappa shape index (κ1) is 25.2. The van der Waals surface area contributed by atoms with Crippen LogP contribution in [0.25, 0.3) is 22.0 Å². The van der Waals surface area contributed by atoms with Crippen LogP contribution in [0, 0.1) is 0 Å². The molecule has 0 saturated carbocycles. The molecular formula is C27H30F2N6O. The van der Waals surface area contributed by atoms with Crippen LogP contribution >= 0.6 is 0 Å². The van der Waals surface area contributed by atoms with E-state index in [0.717, 1.165) is 27.9 Å². The van der Waals surface area contributed by atoms with Gasteiger partial charge in [0.15, 0.2) is 5.69 Å². The number of amides is 1. The van der Waals surface area contributed by atoms with Gasteiger partial charge in [-0.05, 0) is 48.4 Å². The smallest absolute Gasteiger partial charge is 0.276 e. The number of carbonyl (C=O) groups is 1. The number of likely N-dealkylation sites (tertiary alicyclic amines) is 1. The normalized spacial score (nSPS) is 16.1. The van der Waals surface area contributed by atoms with Crippen LogP contribution in [0.3, 0.4) is 0 Å². The van der Waals surface area contributed by atoms with E-state index >= 15 is 0 Å². The summed E-state index contributed by atoms with van der Waals surface area (Å²) in [4.78, 5) is 21.0. The minimum absolute atomic E-state index is 0.114. The van der Waals surface area contributed by atoms with Crippen molar-refractivity contribution in [2.75, 3.05) is 27.2 Å². The molecule has 3 aromatic rings. The van der Waals surface area contributed by atoms with Crippen molar-refractivity contribution in [3.05, 3.63) is 84.1 Å². The van der Waals surface area contributed by atoms with Gasteiger partial charge < -0.3 is 10.2 Å². The number of nitrogens with one attached hydrogen (secondary N) is 2. The molecule has 0 atom stereocenters. The van der Waals surface area contributed by atoms with Crippen LogP contribution in [-0.2, 0) is 6.54 Å². The van der Waals surface area contributed by atoms with Gasteiger partial charge in [-0.3, -0.25) is 19.8 Å². The van der Waals surface area contributed by atoms with Crippen molar-refractivity contribution in [3.8, 4) is 11.1 Å². The lowest BCUT2D eigenvalue weighted by molar-refractivity contribution is 0.0115. The molecule has 1 saturated heterocycles. The second-order valence-corrected chi connectivity index (χ2v) is 9.15.